The van der Waals surface area contributed by atoms with E-state index in [1.807, 2.05) is 0 Å². The lowest BCUT2D eigenvalue weighted by atomic mass is 10.0. The Labute approximate surface area is 195 Å². The molecule has 11 heteroatoms. The van der Waals surface area contributed by atoms with Crippen LogP contribution in [0, 0.1) is 5.92 Å². The van der Waals surface area contributed by atoms with E-state index in [-0.39, 0.29) is 23.4 Å². The number of sulfonamides is 1. The lowest BCUT2D eigenvalue weighted by molar-refractivity contribution is -0.135. The van der Waals surface area contributed by atoms with E-state index in [0.29, 0.717) is 37.1 Å². The maximum absolute atomic E-state index is 12.8. The molecule has 1 heterocycles. The van der Waals surface area contributed by atoms with Crippen LogP contribution in [0.25, 0.3) is 0 Å². The minimum atomic E-state index is -4.12. The summed E-state index contributed by atoms with van der Waals surface area (Å²) in [5.74, 6) is 0.0487. The van der Waals surface area contributed by atoms with Crippen LogP contribution in [0.3, 0.4) is 0 Å². The van der Waals surface area contributed by atoms with Crippen molar-refractivity contribution in [2.75, 3.05) is 39.3 Å². The molecule has 1 aromatic rings. The number of rotatable bonds is 9. The van der Waals surface area contributed by atoms with Crippen molar-refractivity contribution in [3.05, 3.63) is 28.2 Å². The number of aliphatic hydroxyl groups is 1. The molecule has 1 aromatic carbocycles. The summed E-state index contributed by atoms with van der Waals surface area (Å²) < 4.78 is 27.5. The molecule has 31 heavy (non-hydrogen) atoms. The molecule has 1 aliphatic heterocycles. The summed E-state index contributed by atoms with van der Waals surface area (Å²) in [4.78, 5) is 16.3. The van der Waals surface area contributed by atoms with Crippen LogP contribution in [0.1, 0.15) is 27.7 Å². The van der Waals surface area contributed by atoms with E-state index in [4.69, 9.17) is 28.9 Å². The number of nitrogens with one attached hydrogen (secondary N) is 1. The van der Waals surface area contributed by atoms with Gasteiger partial charge in [-0.3, -0.25) is 9.69 Å². The molecule has 1 aliphatic rings. The van der Waals surface area contributed by atoms with Crippen LogP contribution in [-0.2, 0) is 14.8 Å². The monoisotopic (exact) mass is 496 g/mol. The van der Waals surface area contributed by atoms with Gasteiger partial charge in [0.2, 0.25) is 15.9 Å². The molecule has 0 spiro atoms. The molecule has 1 amide bonds. The highest BCUT2D eigenvalue weighted by atomic mass is 35.5. The summed E-state index contributed by atoms with van der Waals surface area (Å²) in [5.41, 5.74) is 6.16. The van der Waals surface area contributed by atoms with Crippen LogP contribution < -0.4 is 10.5 Å². The number of amides is 1. The molecule has 0 bridgehead atoms. The number of nitrogens with two attached hydrogens (primary N) is 1. The number of halogens is 2. The van der Waals surface area contributed by atoms with E-state index < -0.39 is 28.6 Å². The van der Waals surface area contributed by atoms with Gasteiger partial charge in [-0.05, 0) is 30.5 Å². The quantitative estimate of drug-likeness (QED) is 0.479. The average Bonchev–Trinajstić information content (AvgIpc) is 2.65. The maximum Gasteiger partial charge on any atom is 0.243 e. The second-order valence-electron chi connectivity index (χ2n) is 7.95. The highest BCUT2D eigenvalue weighted by molar-refractivity contribution is 7.89. The van der Waals surface area contributed by atoms with Gasteiger partial charge in [0.25, 0.3) is 0 Å². The highest BCUT2D eigenvalue weighted by Crippen LogP contribution is 2.25. The van der Waals surface area contributed by atoms with Crippen LogP contribution in [0.4, 0.5) is 0 Å². The van der Waals surface area contributed by atoms with E-state index in [9.17, 15) is 18.3 Å². The van der Waals surface area contributed by atoms with Crippen molar-refractivity contribution >= 4 is 39.1 Å². The van der Waals surface area contributed by atoms with Crippen molar-refractivity contribution in [2.24, 2.45) is 11.7 Å². The second-order valence-corrected chi connectivity index (χ2v) is 10.5. The zero-order chi connectivity index (χ0) is 22.5. The van der Waals surface area contributed by atoms with Crippen molar-refractivity contribution < 1.29 is 18.3 Å². The number of piperazine rings is 1. The zero-order valence-electron chi connectivity index (χ0n) is 17.2. The largest absolute Gasteiger partial charge is 0.394 e. The molecule has 178 valence electrons. The van der Waals surface area contributed by atoms with Crippen LogP contribution in [0.2, 0.25) is 10.0 Å². The molecular weight excluding hydrogens is 463 g/mol. The maximum atomic E-state index is 12.8. The van der Waals surface area contributed by atoms with Crippen LogP contribution in [0.5, 0.6) is 0 Å². The fraction of sp³-hybridized carbons (Fsp3) is 0.650. The highest BCUT2D eigenvalue weighted by Gasteiger charge is 2.31. The van der Waals surface area contributed by atoms with Gasteiger partial charge in [0, 0.05) is 43.8 Å². The average molecular weight is 497 g/mol. The first kappa shape index (κ1) is 28.1. The number of carbonyl (C=O) groups is 1. The van der Waals surface area contributed by atoms with Crippen molar-refractivity contribution in [2.45, 2.75) is 44.7 Å². The van der Waals surface area contributed by atoms with Crippen LogP contribution in [-0.4, -0.2) is 80.6 Å². The first-order valence-corrected chi connectivity index (χ1v) is 12.1. The number of nitrogens with zero attached hydrogens (tertiary/aromatic N) is 2. The predicted molar refractivity (Wildman–Crippen MR) is 125 cm³/mol. The third-order valence-electron chi connectivity index (χ3n) is 4.91. The van der Waals surface area contributed by atoms with E-state index in [1.54, 1.807) is 4.90 Å². The number of aliphatic hydroxyl groups excluding tert-OH is 1. The molecule has 0 radical (unpaired) electrons. The first-order valence-electron chi connectivity index (χ1n) is 9.88. The first-order chi connectivity index (χ1) is 14.0. The lowest BCUT2D eigenvalue weighted by Gasteiger charge is -2.37. The van der Waals surface area contributed by atoms with Gasteiger partial charge in [0.1, 0.15) is 10.9 Å². The molecule has 0 saturated carbocycles. The number of benzene rings is 1. The van der Waals surface area contributed by atoms with E-state index in [1.165, 1.54) is 18.2 Å². The fourth-order valence-electron chi connectivity index (χ4n) is 3.49. The predicted octanol–water partition coefficient (Wildman–Crippen LogP) is 1.79. The van der Waals surface area contributed by atoms with Gasteiger partial charge >= 0.3 is 0 Å². The molecule has 1 saturated heterocycles. The molecular formula is C20H34Cl2N4O4S. The third kappa shape index (κ3) is 8.16. The summed E-state index contributed by atoms with van der Waals surface area (Å²) in [7, 11) is -4.12. The van der Waals surface area contributed by atoms with Gasteiger partial charge in [0.15, 0.2) is 0 Å². The van der Waals surface area contributed by atoms with Gasteiger partial charge < -0.3 is 15.7 Å². The summed E-state index contributed by atoms with van der Waals surface area (Å²) in [6.07, 6.45) is 0.931. The zero-order valence-corrected chi connectivity index (χ0v) is 19.6. The Balaban J connectivity index is 0.00000480. The van der Waals surface area contributed by atoms with E-state index in [0.717, 1.165) is 13.0 Å². The van der Waals surface area contributed by atoms with E-state index in [2.05, 4.69) is 23.5 Å². The fourth-order valence-corrected chi connectivity index (χ4v) is 5.45. The molecule has 0 unspecified atom stereocenters. The second kappa shape index (κ2) is 12.3. The van der Waals surface area contributed by atoms with Crippen molar-refractivity contribution in [1.82, 2.24) is 14.5 Å². The summed E-state index contributed by atoms with van der Waals surface area (Å²) >= 11 is 11.8. The van der Waals surface area contributed by atoms with Gasteiger partial charge in [-0.2, -0.15) is 4.72 Å². The molecule has 0 aliphatic carbocycles. The Kier molecular flexibility index (Phi) is 11.2. The Morgan fingerprint density at radius 1 is 1.23 bits per heavy atom. The smallest absolute Gasteiger partial charge is 0.243 e. The van der Waals surface area contributed by atoms with Gasteiger partial charge in [-0.15, -0.1) is 0 Å². The molecule has 2 atom stereocenters. The number of hydrogen-bond donors (Lipinski definition) is 3. The minimum Gasteiger partial charge on any atom is -0.394 e. The Hall–Kier alpha value is -0.940. The summed E-state index contributed by atoms with van der Waals surface area (Å²) in [5, 5.41) is 9.88. The number of carbonyl (C=O) groups excluding carboxylic acids is 1. The van der Waals surface area contributed by atoms with Crippen LogP contribution in [0.15, 0.2) is 23.1 Å². The van der Waals surface area contributed by atoms with Gasteiger partial charge in [0.05, 0.1) is 11.6 Å². The van der Waals surface area contributed by atoms with Crippen molar-refractivity contribution in [3.8, 4) is 0 Å². The standard InChI is InChI=1S/C19H30Cl2N4O4S.CH4/c1-13(2)9-15(22)11-24-5-7-25(8-6-24)19(27)17(12-26)23-30(28,29)18-4-3-14(20)10-16(18)21;/h3-4,10,13,15,17,23,26H,5-9,11-12,22H2,1-2H3;1H4/t15-,17-;/m0./s1. The van der Waals surface area contributed by atoms with Gasteiger partial charge in [-0.1, -0.05) is 44.5 Å². The SMILES string of the molecule is C.CC(C)C[C@H](N)CN1CCN(C(=O)[C@H](CO)NS(=O)(=O)c2ccc(Cl)cc2Cl)CC1. The normalized spacial score (nSPS) is 17.3. The topological polar surface area (TPSA) is 116 Å². The Morgan fingerprint density at radius 3 is 2.35 bits per heavy atom. The molecule has 2 rings (SSSR count). The minimum absolute atomic E-state index is 0. The van der Waals surface area contributed by atoms with Crippen molar-refractivity contribution in [3.63, 3.8) is 0 Å². The summed E-state index contributed by atoms with van der Waals surface area (Å²) in [6.45, 7) is 6.51. The lowest BCUT2D eigenvalue weighted by Crippen LogP contribution is -2.57. The number of hydrogen-bond acceptors (Lipinski definition) is 6. The molecule has 1 fully saturated rings. The summed E-state index contributed by atoms with van der Waals surface area (Å²) in [6, 6.07) is 2.73. The Bertz CT molecular complexity index is 830. The molecule has 4 N–H and O–H groups in total. The Morgan fingerprint density at radius 2 is 1.84 bits per heavy atom. The molecule has 8 nitrogen and oxygen atoms in total. The molecule has 0 aromatic heterocycles. The van der Waals surface area contributed by atoms with Crippen molar-refractivity contribution in [1.29, 1.82) is 0 Å². The van der Waals surface area contributed by atoms with Gasteiger partial charge in [-0.25, -0.2) is 8.42 Å². The van der Waals surface area contributed by atoms with Crippen LogP contribution >= 0.6 is 23.2 Å². The third-order valence-corrected chi connectivity index (χ3v) is 7.10. The van der Waals surface area contributed by atoms with E-state index >= 15 is 0 Å².